The molecule has 5 nitrogen and oxygen atoms in total. The number of H-pyrrole nitrogens is 1. The first-order valence-electron chi connectivity index (χ1n) is 5.19. The number of hydrogen-bond acceptors (Lipinski definition) is 3. The standard InChI is InChI=1S/C11H12IN3O2S/c1-7-3-4-9(12)5-10(7)15-18(16,17)11-6-13-14-8(11)2/h3-6,15H,1-2H3,(H,13,14). The number of benzene rings is 1. The van der Waals surface area contributed by atoms with Crippen molar-refractivity contribution >= 4 is 38.3 Å². The molecule has 1 aromatic carbocycles. The van der Waals surface area contributed by atoms with Crippen LogP contribution >= 0.6 is 22.6 Å². The highest BCUT2D eigenvalue weighted by atomic mass is 127. The van der Waals surface area contributed by atoms with Crippen molar-refractivity contribution < 1.29 is 8.42 Å². The van der Waals surface area contributed by atoms with E-state index in [1.54, 1.807) is 13.0 Å². The molecule has 0 saturated heterocycles. The Morgan fingerprint density at radius 3 is 2.67 bits per heavy atom. The molecule has 0 aliphatic carbocycles. The minimum Gasteiger partial charge on any atom is -0.281 e. The summed E-state index contributed by atoms with van der Waals surface area (Å²) < 4.78 is 27.9. The second-order valence-electron chi connectivity index (χ2n) is 3.92. The Morgan fingerprint density at radius 1 is 1.33 bits per heavy atom. The molecule has 1 aromatic heterocycles. The summed E-state index contributed by atoms with van der Waals surface area (Å²) in [5.41, 5.74) is 1.98. The van der Waals surface area contributed by atoms with E-state index >= 15 is 0 Å². The normalized spacial score (nSPS) is 11.5. The van der Waals surface area contributed by atoms with Gasteiger partial charge in [0.2, 0.25) is 0 Å². The molecule has 0 radical (unpaired) electrons. The summed E-state index contributed by atoms with van der Waals surface area (Å²) in [4.78, 5) is 0.167. The fraction of sp³-hybridized carbons (Fsp3) is 0.182. The molecule has 7 heteroatoms. The second-order valence-corrected chi connectivity index (χ2v) is 6.82. The molecule has 0 atom stereocenters. The first-order valence-corrected chi connectivity index (χ1v) is 7.75. The number of nitrogens with zero attached hydrogens (tertiary/aromatic N) is 1. The van der Waals surface area contributed by atoms with Crippen molar-refractivity contribution in [2.75, 3.05) is 4.72 Å². The molecular formula is C11H12IN3O2S. The fourth-order valence-corrected chi connectivity index (χ4v) is 3.27. The molecule has 0 unspecified atom stereocenters. The van der Waals surface area contributed by atoms with Gasteiger partial charge in [0.05, 0.1) is 17.6 Å². The average molecular weight is 377 g/mol. The summed E-state index contributed by atoms with van der Waals surface area (Å²) in [5.74, 6) is 0. The minimum absolute atomic E-state index is 0.167. The van der Waals surface area contributed by atoms with Crippen LogP contribution in [0.2, 0.25) is 0 Å². The van der Waals surface area contributed by atoms with E-state index in [0.717, 1.165) is 9.13 Å². The summed E-state index contributed by atoms with van der Waals surface area (Å²) in [6.07, 6.45) is 1.31. The Kier molecular flexibility index (Phi) is 3.62. The van der Waals surface area contributed by atoms with Gasteiger partial charge in [-0.05, 0) is 54.1 Å². The molecule has 1 heterocycles. The van der Waals surface area contributed by atoms with Crippen molar-refractivity contribution in [2.45, 2.75) is 18.7 Å². The number of aryl methyl sites for hydroxylation is 2. The number of aromatic nitrogens is 2. The van der Waals surface area contributed by atoms with Gasteiger partial charge in [-0.3, -0.25) is 9.82 Å². The maximum absolute atomic E-state index is 12.2. The average Bonchev–Trinajstić information content (AvgIpc) is 2.70. The van der Waals surface area contributed by atoms with Crippen LogP contribution in [0.4, 0.5) is 5.69 Å². The van der Waals surface area contributed by atoms with Gasteiger partial charge in [-0.1, -0.05) is 6.07 Å². The fourth-order valence-electron chi connectivity index (χ4n) is 1.51. The Hall–Kier alpha value is -1.09. The van der Waals surface area contributed by atoms with Crippen LogP contribution in [0.1, 0.15) is 11.3 Å². The van der Waals surface area contributed by atoms with Gasteiger partial charge in [-0.25, -0.2) is 8.42 Å². The summed E-state index contributed by atoms with van der Waals surface area (Å²) >= 11 is 2.14. The van der Waals surface area contributed by atoms with Gasteiger partial charge in [0.25, 0.3) is 10.0 Å². The number of aromatic amines is 1. The van der Waals surface area contributed by atoms with Gasteiger partial charge in [-0.2, -0.15) is 5.10 Å². The summed E-state index contributed by atoms with van der Waals surface area (Å²) in [6.45, 7) is 3.53. The highest BCUT2D eigenvalue weighted by molar-refractivity contribution is 14.1. The lowest BCUT2D eigenvalue weighted by molar-refractivity contribution is 0.600. The summed E-state index contributed by atoms with van der Waals surface area (Å²) in [7, 11) is -3.59. The molecule has 0 saturated carbocycles. The molecular weight excluding hydrogens is 365 g/mol. The zero-order valence-electron chi connectivity index (χ0n) is 9.86. The Labute approximate surface area is 119 Å². The number of rotatable bonds is 3. The molecule has 96 valence electrons. The molecule has 0 bridgehead atoms. The maximum atomic E-state index is 12.2. The largest absolute Gasteiger partial charge is 0.281 e. The lowest BCUT2D eigenvalue weighted by Gasteiger charge is -2.10. The predicted octanol–water partition coefficient (Wildman–Crippen LogP) is 2.43. The number of halogens is 1. The van der Waals surface area contributed by atoms with Crippen molar-refractivity contribution in [3.05, 3.63) is 39.2 Å². The van der Waals surface area contributed by atoms with Crippen LogP contribution < -0.4 is 4.72 Å². The van der Waals surface area contributed by atoms with E-state index in [9.17, 15) is 8.42 Å². The van der Waals surface area contributed by atoms with E-state index in [1.807, 2.05) is 19.1 Å². The van der Waals surface area contributed by atoms with Crippen molar-refractivity contribution in [2.24, 2.45) is 0 Å². The van der Waals surface area contributed by atoms with Gasteiger partial charge in [0, 0.05) is 3.57 Å². The SMILES string of the molecule is Cc1ccc(I)cc1NS(=O)(=O)c1cn[nH]c1C. The summed E-state index contributed by atoms with van der Waals surface area (Å²) in [6, 6.07) is 5.60. The first-order chi connectivity index (χ1) is 8.40. The molecule has 0 aliphatic rings. The maximum Gasteiger partial charge on any atom is 0.265 e. The monoisotopic (exact) mass is 377 g/mol. The third kappa shape index (κ3) is 2.66. The third-order valence-corrected chi connectivity index (χ3v) is 4.67. The van der Waals surface area contributed by atoms with Gasteiger partial charge < -0.3 is 0 Å². The van der Waals surface area contributed by atoms with Crippen LogP contribution in [0.3, 0.4) is 0 Å². The van der Waals surface area contributed by atoms with E-state index in [-0.39, 0.29) is 4.90 Å². The topological polar surface area (TPSA) is 74.8 Å². The van der Waals surface area contributed by atoms with Gasteiger partial charge in [0.1, 0.15) is 4.90 Å². The van der Waals surface area contributed by atoms with E-state index in [1.165, 1.54) is 6.20 Å². The molecule has 2 aromatic rings. The number of nitrogens with one attached hydrogen (secondary N) is 2. The molecule has 2 N–H and O–H groups in total. The Balaban J connectivity index is 2.40. The quantitative estimate of drug-likeness (QED) is 0.807. The van der Waals surface area contributed by atoms with Crippen molar-refractivity contribution in [1.82, 2.24) is 10.2 Å². The van der Waals surface area contributed by atoms with Crippen LogP contribution in [0.15, 0.2) is 29.3 Å². The van der Waals surface area contributed by atoms with Crippen molar-refractivity contribution in [3.63, 3.8) is 0 Å². The summed E-state index contributed by atoms with van der Waals surface area (Å²) in [5, 5.41) is 6.34. The Morgan fingerprint density at radius 2 is 2.06 bits per heavy atom. The van der Waals surface area contributed by atoms with Gasteiger partial charge in [-0.15, -0.1) is 0 Å². The lowest BCUT2D eigenvalue weighted by Crippen LogP contribution is -2.14. The molecule has 18 heavy (non-hydrogen) atoms. The molecule has 2 rings (SSSR count). The van der Waals surface area contributed by atoms with Crippen LogP contribution in [0.25, 0.3) is 0 Å². The third-order valence-electron chi connectivity index (χ3n) is 2.52. The van der Waals surface area contributed by atoms with Gasteiger partial charge in [0.15, 0.2) is 0 Å². The van der Waals surface area contributed by atoms with Crippen molar-refractivity contribution in [3.8, 4) is 0 Å². The number of anilines is 1. The first kappa shape index (κ1) is 13.3. The van der Waals surface area contributed by atoms with Crippen LogP contribution in [-0.2, 0) is 10.0 Å². The molecule has 0 aliphatic heterocycles. The lowest BCUT2D eigenvalue weighted by atomic mass is 10.2. The minimum atomic E-state index is -3.59. The van der Waals surface area contributed by atoms with Crippen molar-refractivity contribution in [1.29, 1.82) is 0 Å². The highest BCUT2D eigenvalue weighted by Gasteiger charge is 2.19. The van der Waals surface area contributed by atoms with Crippen LogP contribution in [-0.4, -0.2) is 18.6 Å². The molecule has 0 amide bonds. The number of hydrogen-bond donors (Lipinski definition) is 2. The zero-order valence-corrected chi connectivity index (χ0v) is 12.8. The van der Waals surface area contributed by atoms with E-state index in [2.05, 4.69) is 37.5 Å². The van der Waals surface area contributed by atoms with E-state index < -0.39 is 10.0 Å². The number of sulfonamides is 1. The smallest absolute Gasteiger partial charge is 0.265 e. The Bertz CT molecular complexity index is 679. The van der Waals surface area contributed by atoms with Crippen LogP contribution in [0.5, 0.6) is 0 Å². The molecule has 0 fully saturated rings. The van der Waals surface area contributed by atoms with E-state index in [4.69, 9.17) is 0 Å². The zero-order chi connectivity index (χ0) is 13.3. The molecule has 0 spiro atoms. The highest BCUT2D eigenvalue weighted by Crippen LogP contribution is 2.22. The van der Waals surface area contributed by atoms with Gasteiger partial charge >= 0.3 is 0 Å². The van der Waals surface area contributed by atoms with E-state index in [0.29, 0.717) is 11.4 Å². The van der Waals surface area contributed by atoms with Crippen LogP contribution in [0, 0.1) is 17.4 Å². The second kappa shape index (κ2) is 4.88. The predicted molar refractivity (Wildman–Crippen MR) is 78.0 cm³/mol.